The molecule has 0 saturated heterocycles. The lowest BCUT2D eigenvalue weighted by molar-refractivity contribution is -0.138. The molecule has 0 fully saturated rings. The normalized spacial score (nSPS) is 11.9. The topological polar surface area (TPSA) is 38.7 Å². The summed E-state index contributed by atoms with van der Waals surface area (Å²) in [4.78, 5) is 3.59. The molecule has 0 atom stereocenters. The molecule has 0 aliphatic rings. The Morgan fingerprint density at radius 3 is 2.41 bits per heavy atom. The maximum atomic E-state index is 14.0. The number of hydrogen-bond donors (Lipinski definition) is 0. The van der Waals surface area contributed by atoms with E-state index in [0.717, 1.165) is 5.39 Å². The highest BCUT2D eigenvalue weighted by Gasteiger charge is 2.32. The van der Waals surface area contributed by atoms with Gasteiger partial charge >= 0.3 is 6.18 Å². The van der Waals surface area contributed by atoms with Crippen molar-refractivity contribution in [3.63, 3.8) is 0 Å². The smallest absolute Gasteiger partial charge is 0.251 e. The van der Waals surface area contributed by atoms with Gasteiger partial charge in [-0.25, -0.2) is 4.39 Å². The van der Waals surface area contributed by atoms with Crippen molar-refractivity contribution in [2.75, 3.05) is 0 Å². The number of benzene rings is 1. The van der Waals surface area contributed by atoms with Crippen LogP contribution in [0.5, 0.6) is 0 Å². The van der Waals surface area contributed by atoms with Gasteiger partial charge in [0.05, 0.1) is 11.1 Å². The fourth-order valence-electron chi connectivity index (χ4n) is 2.18. The van der Waals surface area contributed by atoms with Gasteiger partial charge in [0.1, 0.15) is 11.4 Å². The number of halogens is 4. The minimum absolute atomic E-state index is 0.130. The maximum Gasteiger partial charge on any atom is 0.417 e. The third-order valence-corrected chi connectivity index (χ3v) is 3.31. The zero-order valence-corrected chi connectivity index (χ0v) is 11.3. The molecule has 0 radical (unpaired) electrons. The van der Waals surface area contributed by atoms with Gasteiger partial charge in [0.2, 0.25) is 0 Å². The van der Waals surface area contributed by atoms with Gasteiger partial charge in [-0.3, -0.25) is 4.98 Å². The molecule has 112 valence electrons. The van der Waals surface area contributed by atoms with Gasteiger partial charge in [-0.15, -0.1) is 10.2 Å². The fourth-order valence-corrected chi connectivity index (χ4v) is 2.18. The van der Waals surface area contributed by atoms with Gasteiger partial charge in [0, 0.05) is 11.6 Å². The first-order valence-corrected chi connectivity index (χ1v) is 6.33. The molecule has 0 aliphatic heterocycles. The summed E-state index contributed by atoms with van der Waals surface area (Å²) in [5.74, 6) is -1.08. The van der Waals surface area contributed by atoms with E-state index >= 15 is 0 Å². The lowest BCUT2D eigenvalue weighted by Crippen LogP contribution is -2.07. The molecule has 0 amide bonds. The highest BCUT2D eigenvalue weighted by atomic mass is 19.4. The number of hydrogen-bond acceptors (Lipinski definition) is 3. The van der Waals surface area contributed by atoms with Crippen LogP contribution in [0.4, 0.5) is 17.6 Å². The van der Waals surface area contributed by atoms with E-state index in [0.29, 0.717) is 23.3 Å². The van der Waals surface area contributed by atoms with Crippen LogP contribution in [-0.2, 0) is 6.18 Å². The Balaban J connectivity index is 2.18. The highest BCUT2D eigenvalue weighted by molar-refractivity contribution is 5.85. The first kappa shape index (κ1) is 14.4. The van der Waals surface area contributed by atoms with E-state index in [1.807, 2.05) is 0 Å². The van der Waals surface area contributed by atoms with Crippen LogP contribution >= 0.6 is 0 Å². The van der Waals surface area contributed by atoms with Gasteiger partial charge in [-0.2, -0.15) is 13.2 Å². The largest absolute Gasteiger partial charge is 0.417 e. The first-order chi connectivity index (χ1) is 10.4. The van der Waals surface area contributed by atoms with Crippen LogP contribution < -0.4 is 0 Å². The Morgan fingerprint density at radius 1 is 1.00 bits per heavy atom. The second-order valence-electron chi connectivity index (χ2n) is 4.74. The number of aromatic nitrogens is 3. The lowest BCUT2D eigenvalue weighted by Gasteiger charge is -2.10. The van der Waals surface area contributed by atoms with Crippen molar-refractivity contribution in [2.45, 2.75) is 13.1 Å². The van der Waals surface area contributed by atoms with Gasteiger partial charge in [-0.05, 0) is 24.6 Å². The summed E-state index contributed by atoms with van der Waals surface area (Å²) in [6.07, 6.45) is -4.05. The standard InChI is InChI=1S/C15H9F4N3/c1-8-10-4-2-3-5-12(10)21-22-13(8)14-11(16)6-9(7-20-14)15(17,18)19/h2-7H,1H3. The van der Waals surface area contributed by atoms with Crippen LogP contribution in [0.1, 0.15) is 11.1 Å². The van der Waals surface area contributed by atoms with Crippen molar-refractivity contribution < 1.29 is 17.6 Å². The second-order valence-corrected chi connectivity index (χ2v) is 4.74. The van der Waals surface area contributed by atoms with Crippen LogP contribution in [-0.4, -0.2) is 15.2 Å². The van der Waals surface area contributed by atoms with Crippen LogP contribution in [0, 0.1) is 12.7 Å². The summed E-state index contributed by atoms with van der Waals surface area (Å²) in [6.45, 7) is 1.70. The highest BCUT2D eigenvalue weighted by Crippen LogP contribution is 2.32. The monoisotopic (exact) mass is 307 g/mol. The van der Waals surface area contributed by atoms with Crippen LogP contribution in [0.2, 0.25) is 0 Å². The van der Waals surface area contributed by atoms with E-state index < -0.39 is 17.6 Å². The second kappa shape index (κ2) is 5.01. The van der Waals surface area contributed by atoms with Crippen LogP contribution in [0.3, 0.4) is 0 Å². The fraction of sp³-hybridized carbons (Fsp3) is 0.133. The molecule has 0 saturated carbocycles. The molecule has 0 unspecified atom stereocenters. The molecule has 3 rings (SSSR count). The number of nitrogens with zero attached hydrogens (tertiary/aromatic N) is 3. The molecule has 3 aromatic rings. The van der Waals surface area contributed by atoms with E-state index in [1.165, 1.54) is 0 Å². The van der Waals surface area contributed by atoms with Crippen LogP contribution in [0.25, 0.3) is 22.3 Å². The predicted octanol–water partition coefficient (Wildman–Crippen LogP) is 4.16. The summed E-state index contributed by atoms with van der Waals surface area (Å²) < 4.78 is 51.7. The zero-order valence-electron chi connectivity index (χ0n) is 11.3. The molecule has 2 heterocycles. The van der Waals surface area contributed by atoms with E-state index in [4.69, 9.17) is 0 Å². The Bertz CT molecular complexity index is 859. The number of aryl methyl sites for hydroxylation is 1. The Hall–Kier alpha value is -2.57. The van der Waals surface area contributed by atoms with Gasteiger partial charge in [0.25, 0.3) is 0 Å². The van der Waals surface area contributed by atoms with Crippen molar-refractivity contribution in [1.82, 2.24) is 15.2 Å². The Kier molecular flexibility index (Phi) is 3.27. The Labute approximate surface area is 122 Å². The minimum atomic E-state index is -4.64. The molecule has 22 heavy (non-hydrogen) atoms. The van der Waals surface area contributed by atoms with Gasteiger partial charge in [-0.1, -0.05) is 18.2 Å². The van der Waals surface area contributed by atoms with Gasteiger partial charge < -0.3 is 0 Å². The number of rotatable bonds is 1. The summed E-state index contributed by atoms with van der Waals surface area (Å²) in [5.41, 5.74) is -0.0262. The number of pyridine rings is 1. The van der Waals surface area contributed by atoms with E-state index in [9.17, 15) is 17.6 Å². The molecular formula is C15H9F4N3. The first-order valence-electron chi connectivity index (χ1n) is 6.33. The predicted molar refractivity (Wildman–Crippen MR) is 72.5 cm³/mol. The Morgan fingerprint density at radius 2 is 1.73 bits per heavy atom. The van der Waals surface area contributed by atoms with E-state index in [1.54, 1.807) is 31.2 Å². The minimum Gasteiger partial charge on any atom is -0.251 e. The zero-order chi connectivity index (χ0) is 15.9. The average Bonchev–Trinajstić information content (AvgIpc) is 2.47. The number of alkyl halides is 3. The summed E-state index contributed by atoms with van der Waals surface area (Å²) >= 11 is 0. The molecule has 3 nitrogen and oxygen atoms in total. The quantitative estimate of drug-likeness (QED) is 0.634. The van der Waals surface area contributed by atoms with Crippen molar-refractivity contribution >= 4 is 10.9 Å². The molecule has 7 heteroatoms. The molecule has 0 bridgehead atoms. The number of fused-ring (bicyclic) bond motifs is 1. The summed E-state index contributed by atoms with van der Waals surface area (Å²) in [6, 6.07) is 7.52. The van der Waals surface area contributed by atoms with Crippen LogP contribution in [0.15, 0.2) is 36.5 Å². The van der Waals surface area contributed by atoms with Crippen molar-refractivity contribution in [3.05, 3.63) is 53.5 Å². The summed E-state index contributed by atoms with van der Waals surface area (Å²) in [5, 5.41) is 8.59. The van der Waals surface area contributed by atoms with E-state index in [-0.39, 0.29) is 11.4 Å². The van der Waals surface area contributed by atoms with Crippen molar-refractivity contribution in [2.24, 2.45) is 0 Å². The molecule has 2 aromatic heterocycles. The molecule has 1 aromatic carbocycles. The maximum absolute atomic E-state index is 14.0. The SMILES string of the molecule is Cc1c(-c2ncc(C(F)(F)F)cc2F)nnc2ccccc12. The lowest BCUT2D eigenvalue weighted by atomic mass is 10.1. The molecule has 0 spiro atoms. The molecular weight excluding hydrogens is 298 g/mol. The summed E-state index contributed by atoms with van der Waals surface area (Å²) in [7, 11) is 0. The molecule has 0 aliphatic carbocycles. The van der Waals surface area contributed by atoms with Crippen molar-refractivity contribution in [1.29, 1.82) is 0 Å². The third kappa shape index (κ3) is 2.38. The van der Waals surface area contributed by atoms with E-state index in [2.05, 4.69) is 15.2 Å². The van der Waals surface area contributed by atoms with Gasteiger partial charge in [0.15, 0.2) is 5.82 Å². The van der Waals surface area contributed by atoms with Crippen molar-refractivity contribution in [3.8, 4) is 11.4 Å². The third-order valence-electron chi connectivity index (χ3n) is 3.31. The average molecular weight is 307 g/mol. The molecule has 0 N–H and O–H groups in total.